The number of hydrogen-bond donors (Lipinski definition) is 0. The molecule has 3 heterocycles. The highest BCUT2D eigenvalue weighted by Gasteiger charge is 2.38. The summed E-state index contributed by atoms with van der Waals surface area (Å²) in [5.41, 5.74) is 0.382. The molecule has 3 fully saturated rings. The molecule has 6 nitrogen and oxygen atoms in total. The molecule has 3 saturated heterocycles. The Morgan fingerprint density at radius 2 is 1.79 bits per heavy atom. The van der Waals surface area contributed by atoms with Crippen LogP contribution in [0.4, 0.5) is 4.39 Å². The third kappa shape index (κ3) is 4.05. The molecule has 7 heteroatoms. The summed E-state index contributed by atoms with van der Waals surface area (Å²) in [5.74, 6) is -0.300. The lowest BCUT2D eigenvalue weighted by Crippen LogP contribution is -2.60. The lowest BCUT2D eigenvalue weighted by molar-refractivity contribution is -0.145. The van der Waals surface area contributed by atoms with Crippen LogP contribution in [-0.4, -0.2) is 84.5 Å². The van der Waals surface area contributed by atoms with E-state index in [0.29, 0.717) is 37.8 Å². The van der Waals surface area contributed by atoms with E-state index in [2.05, 4.69) is 9.80 Å². The van der Waals surface area contributed by atoms with Crippen molar-refractivity contribution in [2.75, 3.05) is 45.9 Å². The van der Waals surface area contributed by atoms with E-state index in [1.165, 1.54) is 12.1 Å². The molecule has 0 aliphatic carbocycles. The molecule has 0 unspecified atom stereocenters. The number of halogens is 1. The van der Waals surface area contributed by atoms with E-state index < -0.39 is 5.82 Å². The Bertz CT molecular complexity index is 715. The van der Waals surface area contributed by atoms with Gasteiger partial charge in [-0.15, -0.1) is 0 Å². The fourth-order valence-electron chi connectivity index (χ4n) is 4.62. The topological polar surface area (TPSA) is 53.1 Å². The fraction of sp³-hybridized carbons (Fsp3) is 0.619. The standard InChI is InChI=1S/C21H28FN3O3/c22-17-4-1-3-16(15-17)20(26)24-11-9-23(10-12-24)19-5-2-8-25(21(19)27)18-6-13-28-14-7-18/h1,3-4,15,18-19H,2,5-14H2/t19-/m1/s1. The first kappa shape index (κ1) is 19.3. The van der Waals surface area contributed by atoms with Gasteiger partial charge in [-0.05, 0) is 43.9 Å². The highest BCUT2D eigenvalue weighted by atomic mass is 19.1. The Hall–Kier alpha value is -1.99. The molecule has 0 saturated carbocycles. The quantitative estimate of drug-likeness (QED) is 0.791. The van der Waals surface area contributed by atoms with Gasteiger partial charge < -0.3 is 14.5 Å². The summed E-state index contributed by atoms with van der Waals surface area (Å²) in [6.45, 7) is 4.81. The predicted molar refractivity (Wildman–Crippen MR) is 102 cm³/mol. The number of rotatable bonds is 3. The molecule has 4 rings (SSSR count). The Kier molecular flexibility index (Phi) is 5.92. The molecule has 0 aromatic heterocycles. The number of piperidine rings is 1. The molecule has 3 aliphatic heterocycles. The molecule has 1 atom stereocenters. The van der Waals surface area contributed by atoms with Crippen LogP contribution in [0.25, 0.3) is 0 Å². The summed E-state index contributed by atoms with van der Waals surface area (Å²) >= 11 is 0. The lowest BCUT2D eigenvalue weighted by atomic mass is 9.97. The summed E-state index contributed by atoms with van der Waals surface area (Å²) in [7, 11) is 0. The summed E-state index contributed by atoms with van der Waals surface area (Å²) < 4.78 is 18.8. The van der Waals surface area contributed by atoms with Crippen LogP contribution >= 0.6 is 0 Å². The second-order valence-electron chi connectivity index (χ2n) is 7.87. The highest BCUT2D eigenvalue weighted by Crippen LogP contribution is 2.24. The first-order chi connectivity index (χ1) is 13.6. The van der Waals surface area contributed by atoms with E-state index in [0.717, 1.165) is 45.4 Å². The van der Waals surface area contributed by atoms with Crippen LogP contribution in [0, 0.1) is 5.82 Å². The summed E-state index contributed by atoms with van der Waals surface area (Å²) in [6.07, 6.45) is 3.76. The van der Waals surface area contributed by atoms with E-state index in [9.17, 15) is 14.0 Å². The summed E-state index contributed by atoms with van der Waals surface area (Å²) in [5, 5.41) is 0. The molecule has 2 amide bonds. The number of carbonyl (C=O) groups excluding carboxylic acids is 2. The first-order valence-electron chi connectivity index (χ1n) is 10.3. The van der Waals surface area contributed by atoms with Crippen molar-refractivity contribution in [3.8, 4) is 0 Å². The van der Waals surface area contributed by atoms with Crippen molar-refractivity contribution in [3.05, 3.63) is 35.6 Å². The lowest BCUT2D eigenvalue weighted by Gasteiger charge is -2.45. The molecular formula is C21H28FN3O3. The Labute approximate surface area is 165 Å². The van der Waals surface area contributed by atoms with E-state index in [1.807, 2.05) is 0 Å². The average Bonchev–Trinajstić information content (AvgIpc) is 2.74. The zero-order valence-corrected chi connectivity index (χ0v) is 16.2. The molecule has 28 heavy (non-hydrogen) atoms. The molecule has 0 bridgehead atoms. The van der Waals surface area contributed by atoms with Gasteiger partial charge in [-0.25, -0.2) is 4.39 Å². The smallest absolute Gasteiger partial charge is 0.254 e. The minimum absolute atomic E-state index is 0.0805. The van der Waals surface area contributed by atoms with Crippen LogP contribution in [0.3, 0.4) is 0 Å². The third-order valence-electron chi connectivity index (χ3n) is 6.19. The normalized spacial score (nSPS) is 25.2. The second kappa shape index (κ2) is 8.57. The van der Waals surface area contributed by atoms with Gasteiger partial charge in [-0.1, -0.05) is 6.07 Å². The van der Waals surface area contributed by atoms with E-state index >= 15 is 0 Å². The molecular weight excluding hydrogens is 361 g/mol. The molecule has 0 radical (unpaired) electrons. The molecule has 0 spiro atoms. The van der Waals surface area contributed by atoms with Crippen LogP contribution in [0.1, 0.15) is 36.0 Å². The van der Waals surface area contributed by atoms with E-state index in [-0.39, 0.29) is 17.9 Å². The SMILES string of the molecule is O=C(c1cccc(F)c1)N1CCN([C@@H]2CCCN(C3CCOCC3)C2=O)CC1. The van der Waals surface area contributed by atoms with Gasteiger partial charge in [0.2, 0.25) is 5.91 Å². The average molecular weight is 389 g/mol. The van der Waals surface area contributed by atoms with E-state index in [1.54, 1.807) is 17.0 Å². The number of hydrogen-bond acceptors (Lipinski definition) is 4. The number of amides is 2. The van der Waals surface area contributed by atoms with Gasteiger partial charge >= 0.3 is 0 Å². The number of nitrogens with zero attached hydrogens (tertiary/aromatic N) is 3. The largest absolute Gasteiger partial charge is 0.381 e. The fourth-order valence-corrected chi connectivity index (χ4v) is 4.62. The van der Waals surface area contributed by atoms with Crippen LogP contribution in [0.2, 0.25) is 0 Å². The zero-order valence-electron chi connectivity index (χ0n) is 16.2. The van der Waals surface area contributed by atoms with Crippen LogP contribution < -0.4 is 0 Å². The first-order valence-corrected chi connectivity index (χ1v) is 10.3. The third-order valence-corrected chi connectivity index (χ3v) is 6.19. The molecule has 3 aliphatic rings. The van der Waals surface area contributed by atoms with Gasteiger partial charge in [-0.3, -0.25) is 14.5 Å². The maximum atomic E-state index is 13.4. The van der Waals surface area contributed by atoms with Gasteiger partial charge in [0.1, 0.15) is 5.82 Å². The predicted octanol–water partition coefficient (Wildman–Crippen LogP) is 1.75. The van der Waals surface area contributed by atoms with Crippen molar-refractivity contribution in [2.24, 2.45) is 0 Å². The minimum atomic E-state index is -0.398. The number of likely N-dealkylation sites (tertiary alicyclic amines) is 1. The monoisotopic (exact) mass is 389 g/mol. The number of carbonyl (C=O) groups is 2. The Balaban J connectivity index is 1.35. The van der Waals surface area contributed by atoms with E-state index in [4.69, 9.17) is 4.74 Å². The van der Waals surface area contributed by atoms with Gasteiger partial charge in [-0.2, -0.15) is 0 Å². The van der Waals surface area contributed by atoms with Gasteiger partial charge in [0, 0.05) is 57.5 Å². The van der Waals surface area contributed by atoms with Gasteiger partial charge in [0.25, 0.3) is 5.91 Å². The van der Waals surface area contributed by atoms with Gasteiger partial charge in [0.05, 0.1) is 6.04 Å². The minimum Gasteiger partial charge on any atom is -0.381 e. The zero-order chi connectivity index (χ0) is 19.5. The molecule has 0 N–H and O–H groups in total. The number of benzene rings is 1. The van der Waals surface area contributed by atoms with Crippen LogP contribution in [0.15, 0.2) is 24.3 Å². The van der Waals surface area contributed by atoms with Crippen molar-refractivity contribution in [1.29, 1.82) is 0 Å². The maximum absolute atomic E-state index is 13.4. The Morgan fingerprint density at radius 3 is 2.50 bits per heavy atom. The summed E-state index contributed by atoms with van der Waals surface area (Å²) in [4.78, 5) is 31.8. The van der Waals surface area contributed by atoms with Gasteiger partial charge in [0.15, 0.2) is 0 Å². The number of ether oxygens (including phenoxy) is 1. The van der Waals surface area contributed by atoms with Crippen molar-refractivity contribution in [2.45, 2.75) is 37.8 Å². The van der Waals surface area contributed by atoms with Crippen LogP contribution in [0.5, 0.6) is 0 Å². The molecule has 1 aromatic rings. The van der Waals surface area contributed by atoms with Crippen molar-refractivity contribution < 1.29 is 18.7 Å². The highest BCUT2D eigenvalue weighted by molar-refractivity contribution is 5.94. The van der Waals surface area contributed by atoms with Crippen molar-refractivity contribution in [3.63, 3.8) is 0 Å². The summed E-state index contributed by atoms with van der Waals surface area (Å²) in [6, 6.07) is 6.06. The Morgan fingerprint density at radius 1 is 1.04 bits per heavy atom. The molecule has 152 valence electrons. The van der Waals surface area contributed by atoms with Crippen molar-refractivity contribution in [1.82, 2.24) is 14.7 Å². The van der Waals surface area contributed by atoms with Crippen molar-refractivity contribution >= 4 is 11.8 Å². The molecule has 1 aromatic carbocycles. The van der Waals surface area contributed by atoms with Crippen LogP contribution in [-0.2, 0) is 9.53 Å². The number of piperazine rings is 1. The maximum Gasteiger partial charge on any atom is 0.254 e. The second-order valence-corrected chi connectivity index (χ2v) is 7.87.